The van der Waals surface area contributed by atoms with Gasteiger partial charge in [0.1, 0.15) is 12.2 Å². The highest BCUT2D eigenvalue weighted by atomic mass is 35.5. The molecule has 6 nitrogen and oxygen atoms in total. The molecule has 0 heterocycles. The SMILES string of the molecule is CC(C)N(CC(=O)O)c1cc(Cl)c(Cl)cc1[N+](=O)[O-]. The van der Waals surface area contributed by atoms with Crippen molar-refractivity contribution in [2.45, 2.75) is 19.9 Å². The second-order valence-corrected chi connectivity index (χ2v) is 4.94. The number of halogens is 2. The molecule has 8 heteroatoms. The maximum atomic E-state index is 11.0. The van der Waals surface area contributed by atoms with Crippen molar-refractivity contribution < 1.29 is 14.8 Å². The molecule has 1 N–H and O–H groups in total. The third kappa shape index (κ3) is 3.71. The Labute approximate surface area is 119 Å². The first kappa shape index (κ1) is 15.5. The summed E-state index contributed by atoms with van der Waals surface area (Å²) in [7, 11) is 0. The average molecular weight is 307 g/mol. The maximum absolute atomic E-state index is 11.0. The average Bonchev–Trinajstić information content (AvgIpc) is 2.28. The third-order valence-corrected chi connectivity index (χ3v) is 3.17. The highest BCUT2D eigenvalue weighted by Crippen LogP contribution is 2.36. The van der Waals surface area contributed by atoms with Crippen LogP contribution in [0.3, 0.4) is 0 Å². The number of nitro groups is 1. The predicted octanol–water partition coefficient (Wildman–Crippen LogP) is 3.20. The molecule has 1 aromatic rings. The van der Waals surface area contributed by atoms with Crippen LogP contribution in [0.15, 0.2) is 12.1 Å². The topological polar surface area (TPSA) is 83.7 Å². The minimum absolute atomic E-state index is 0.0520. The molecule has 0 unspecified atom stereocenters. The maximum Gasteiger partial charge on any atom is 0.323 e. The summed E-state index contributed by atoms with van der Waals surface area (Å²) < 4.78 is 0. The van der Waals surface area contributed by atoms with Crippen LogP contribution in [0.1, 0.15) is 13.8 Å². The monoisotopic (exact) mass is 306 g/mol. The molecule has 0 saturated carbocycles. The molecule has 0 amide bonds. The first-order valence-corrected chi connectivity index (χ1v) is 6.11. The van der Waals surface area contributed by atoms with Crippen LogP contribution in [0.4, 0.5) is 11.4 Å². The number of hydrogen-bond acceptors (Lipinski definition) is 4. The van der Waals surface area contributed by atoms with E-state index in [-0.39, 0.29) is 34.0 Å². The fourth-order valence-corrected chi connectivity index (χ4v) is 1.91. The van der Waals surface area contributed by atoms with Crippen LogP contribution in [0.5, 0.6) is 0 Å². The zero-order valence-electron chi connectivity index (χ0n) is 10.3. The van der Waals surface area contributed by atoms with Crippen LogP contribution >= 0.6 is 23.2 Å². The number of carboxylic acid groups (broad SMARTS) is 1. The Kier molecular flexibility index (Phi) is 4.97. The molecule has 0 saturated heterocycles. The number of benzene rings is 1. The first-order chi connectivity index (χ1) is 8.73. The van der Waals surface area contributed by atoms with Gasteiger partial charge in [-0.3, -0.25) is 14.9 Å². The number of rotatable bonds is 5. The van der Waals surface area contributed by atoms with Crippen molar-refractivity contribution in [3.05, 3.63) is 32.3 Å². The highest BCUT2D eigenvalue weighted by Gasteiger charge is 2.25. The zero-order valence-corrected chi connectivity index (χ0v) is 11.8. The molecule has 0 bridgehead atoms. The number of carbonyl (C=O) groups is 1. The Bertz CT molecular complexity index is 520. The van der Waals surface area contributed by atoms with E-state index in [9.17, 15) is 14.9 Å². The summed E-state index contributed by atoms with van der Waals surface area (Å²) in [5.41, 5.74) is -0.138. The summed E-state index contributed by atoms with van der Waals surface area (Å²) in [6, 6.07) is 2.19. The van der Waals surface area contributed by atoms with Crippen LogP contribution in [0, 0.1) is 10.1 Å². The molecule has 0 radical (unpaired) electrons. The van der Waals surface area contributed by atoms with Crippen molar-refractivity contribution in [3.63, 3.8) is 0 Å². The van der Waals surface area contributed by atoms with Gasteiger partial charge in [-0.2, -0.15) is 0 Å². The standard InChI is InChI=1S/C11H12Cl2N2O4/c1-6(2)14(5-11(16)17)9-3-7(12)8(13)4-10(9)15(18)19/h3-4,6H,5H2,1-2H3,(H,16,17). The smallest absolute Gasteiger partial charge is 0.323 e. The summed E-state index contributed by atoms with van der Waals surface area (Å²) in [5, 5.41) is 20.1. The van der Waals surface area contributed by atoms with Gasteiger partial charge in [0.2, 0.25) is 0 Å². The Balaban J connectivity index is 3.39. The molecule has 1 rings (SSSR count). The van der Waals surface area contributed by atoms with E-state index >= 15 is 0 Å². The van der Waals surface area contributed by atoms with E-state index in [1.165, 1.54) is 11.0 Å². The summed E-state index contributed by atoms with van der Waals surface area (Å²) in [6.45, 7) is 3.10. The van der Waals surface area contributed by atoms with Gasteiger partial charge in [0.05, 0.1) is 15.0 Å². The van der Waals surface area contributed by atoms with Gasteiger partial charge in [-0.15, -0.1) is 0 Å². The van der Waals surface area contributed by atoms with Gasteiger partial charge >= 0.3 is 5.97 Å². The lowest BCUT2D eigenvalue weighted by molar-refractivity contribution is -0.384. The minimum atomic E-state index is -1.09. The van der Waals surface area contributed by atoms with Crippen molar-refractivity contribution in [1.29, 1.82) is 0 Å². The lowest BCUT2D eigenvalue weighted by Gasteiger charge is -2.27. The quantitative estimate of drug-likeness (QED) is 0.667. The zero-order chi connectivity index (χ0) is 14.7. The molecule has 0 aliphatic heterocycles. The number of hydrogen-bond donors (Lipinski definition) is 1. The number of nitrogens with zero attached hydrogens (tertiary/aromatic N) is 2. The van der Waals surface area contributed by atoms with Gasteiger partial charge in [0, 0.05) is 12.1 Å². The van der Waals surface area contributed by atoms with E-state index in [1.54, 1.807) is 13.8 Å². The van der Waals surface area contributed by atoms with E-state index in [2.05, 4.69) is 0 Å². The molecular formula is C11H12Cl2N2O4. The van der Waals surface area contributed by atoms with Crippen LogP contribution in [-0.2, 0) is 4.79 Å². The highest BCUT2D eigenvalue weighted by molar-refractivity contribution is 6.42. The van der Waals surface area contributed by atoms with Crippen LogP contribution < -0.4 is 4.90 Å². The molecule has 104 valence electrons. The van der Waals surface area contributed by atoms with E-state index in [0.29, 0.717) is 0 Å². The van der Waals surface area contributed by atoms with Gasteiger partial charge in [0.15, 0.2) is 0 Å². The molecule has 0 aliphatic rings. The molecule has 19 heavy (non-hydrogen) atoms. The number of nitro benzene ring substituents is 1. The normalized spacial score (nSPS) is 10.6. The van der Waals surface area contributed by atoms with E-state index in [4.69, 9.17) is 28.3 Å². The van der Waals surface area contributed by atoms with Crippen molar-refractivity contribution >= 4 is 40.5 Å². The third-order valence-electron chi connectivity index (χ3n) is 2.45. The largest absolute Gasteiger partial charge is 0.480 e. The predicted molar refractivity (Wildman–Crippen MR) is 73.2 cm³/mol. The van der Waals surface area contributed by atoms with E-state index < -0.39 is 10.9 Å². The Morgan fingerprint density at radius 2 is 1.95 bits per heavy atom. The van der Waals surface area contributed by atoms with Crippen molar-refractivity contribution in [2.75, 3.05) is 11.4 Å². The number of anilines is 1. The van der Waals surface area contributed by atoms with Crippen LogP contribution in [0.25, 0.3) is 0 Å². The summed E-state index contributed by atoms with van der Waals surface area (Å²) in [6.07, 6.45) is 0. The number of carboxylic acids is 1. The summed E-state index contributed by atoms with van der Waals surface area (Å²) in [5.74, 6) is -1.09. The van der Waals surface area contributed by atoms with Gasteiger partial charge < -0.3 is 10.0 Å². The lowest BCUT2D eigenvalue weighted by atomic mass is 10.2. The molecule has 0 atom stereocenters. The molecule has 0 fully saturated rings. The summed E-state index contributed by atoms with van der Waals surface area (Å²) in [4.78, 5) is 22.6. The second-order valence-electron chi connectivity index (χ2n) is 4.13. The van der Waals surface area contributed by atoms with Crippen molar-refractivity contribution in [3.8, 4) is 0 Å². The van der Waals surface area contributed by atoms with E-state index in [0.717, 1.165) is 6.07 Å². The fraction of sp³-hybridized carbons (Fsp3) is 0.364. The molecule has 0 aromatic heterocycles. The van der Waals surface area contributed by atoms with Gasteiger partial charge in [-0.05, 0) is 19.9 Å². The molecule has 0 spiro atoms. The molecule has 1 aromatic carbocycles. The minimum Gasteiger partial charge on any atom is -0.480 e. The lowest BCUT2D eigenvalue weighted by Crippen LogP contribution is -2.36. The fourth-order valence-electron chi connectivity index (χ4n) is 1.59. The van der Waals surface area contributed by atoms with E-state index in [1.807, 2.05) is 0 Å². The van der Waals surface area contributed by atoms with Gasteiger partial charge in [-0.1, -0.05) is 23.2 Å². The Morgan fingerprint density at radius 3 is 2.37 bits per heavy atom. The molecule has 0 aliphatic carbocycles. The van der Waals surface area contributed by atoms with Crippen LogP contribution in [-0.4, -0.2) is 28.6 Å². The Morgan fingerprint density at radius 1 is 1.42 bits per heavy atom. The van der Waals surface area contributed by atoms with Crippen molar-refractivity contribution in [2.24, 2.45) is 0 Å². The first-order valence-electron chi connectivity index (χ1n) is 5.36. The van der Waals surface area contributed by atoms with Crippen LogP contribution in [0.2, 0.25) is 10.0 Å². The molecular weight excluding hydrogens is 295 g/mol. The Hall–Kier alpha value is -1.53. The second kappa shape index (κ2) is 6.08. The van der Waals surface area contributed by atoms with Crippen molar-refractivity contribution in [1.82, 2.24) is 0 Å². The number of aliphatic carboxylic acids is 1. The van der Waals surface area contributed by atoms with Gasteiger partial charge in [-0.25, -0.2) is 0 Å². The van der Waals surface area contributed by atoms with Gasteiger partial charge in [0.25, 0.3) is 5.69 Å². The summed E-state index contributed by atoms with van der Waals surface area (Å²) >= 11 is 11.6.